The van der Waals surface area contributed by atoms with Crippen LogP contribution in [0.2, 0.25) is 0 Å². The molecule has 0 aliphatic carbocycles. The minimum atomic E-state index is -0.328. The Labute approximate surface area is 186 Å². The van der Waals surface area contributed by atoms with Crippen molar-refractivity contribution in [2.45, 2.75) is 33.0 Å². The molecular formula is C26H25N3O3. The van der Waals surface area contributed by atoms with Crippen LogP contribution in [0.1, 0.15) is 41.5 Å². The third kappa shape index (κ3) is 4.70. The summed E-state index contributed by atoms with van der Waals surface area (Å²) in [6, 6.07) is 24.5. The summed E-state index contributed by atoms with van der Waals surface area (Å²) in [5.41, 5.74) is 2.04. The van der Waals surface area contributed by atoms with E-state index in [1.807, 2.05) is 68.4 Å². The van der Waals surface area contributed by atoms with E-state index in [4.69, 9.17) is 4.74 Å². The van der Waals surface area contributed by atoms with Crippen molar-refractivity contribution in [3.63, 3.8) is 0 Å². The molecule has 6 heteroatoms. The summed E-state index contributed by atoms with van der Waals surface area (Å²) in [7, 11) is 0. The smallest absolute Gasteiger partial charge is 0.274 e. The summed E-state index contributed by atoms with van der Waals surface area (Å²) in [5, 5.41) is 8.31. The van der Waals surface area contributed by atoms with Crippen LogP contribution in [0.5, 0.6) is 5.75 Å². The summed E-state index contributed by atoms with van der Waals surface area (Å²) in [6.07, 6.45) is 0. The third-order valence-corrected chi connectivity index (χ3v) is 5.13. The zero-order valence-corrected chi connectivity index (χ0v) is 18.1. The van der Waals surface area contributed by atoms with Crippen molar-refractivity contribution in [2.24, 2.45) is 0 Å². The number of ether oxygens (including phenoxy) is 1. The highest BCUT2D eigenvalue weighted by atomic mass is 16.5. The minimum Gasteiger partial charge on any atom is -0.489 e. The first kappa shape index (κ1) is 21.3. The molecular weight excluding hydrogens is 402 g/mol. The summed E-state index contributed by atoms with van der Waals surface area (Å²) < 4.78 is 7.23. The normalized spacial score (nSPS) is 11.0. The average Bonchev–Trinajstić information content (AvgIpc) is 2.82. The number of aromatic nitrogens is 2. The number of carbonyl (C=O) groups excluding carboxylic acids is 1. The molecule has 0 radical (unpaired) electrons. The molecule has 0 aliphatic heterocycles. The Balaban J connectivity index is 1.50. The molecule has 162 valence electrons. The molecule has 1 amide bonds. The van der Waals surface area contributed by atoms with Gasteiger partial charge in [0.25, 0.3) is 11.5 Å². The Morgan fingerprint density at radius 1 is 0.938 bits per heavy atom. The lowest BCUT2D eigenvalue weighted by molar-refractivity contribution is 0.0945. The van der Waals surface area contributed by atoms with Gasteiger partial charge in [-0.15, -0.1) is 0 Å². The molecule has 0 unspecified atom stereocenters. The van der Waals surface area contributed by atoms with Gasteiger partial charge in [0.1, 0.15) is 12.4 Å². The molecule has 0 spiro atoms. The monoisotopic (exact) mass is 427 g/mol. The fourth-order valence-electron chi connectivity index (χ4n) is 3.48. The van der Waals surface area contributed by atoms with Gasteiger partial charge in [-0.1, -0.05) is 60.7 Å². The standard InChI is InChI=1S/C26H25N3O3/c1-18(2)29-26(31)23-14-7-6-13-22(23)24(28-29)25(30)27-16-20-11-8-12-21(15-20)32-17-19-9-4-3-5-10-19/h3-15,18H,16-17H2,1-2H3,(H,27,30). The Morgan fingerprint density at radius 3 is 2.38 bits per heavy atom. The lowest BCUT2D eigenvalue weighted by Crippen LogP contribution is -2.31. The number of nitrogens with zero attached hydrogens (tertiary/aromatic N) is 2. The van der Waals surface area contributed by atoms with Crippen molar-refractivity contribution in [3.05, 3.63) is 106 Å². The highest BCUT2D eigenvalue weighted by Gasteiger charge is 2.17. The highest BCUT2D eigenvalue weighted by molar-refractivity contribution is 6.04. The zero-order chi connectivity index (χ0) is 22.5. The maximum Gasteiger partial charge on any atom is 0.274 e. The maximum absolute atomic E-state index is 13.0. The molecule has 6 nitrogen and oxygen atoms in total. The molecule has 32 heavy (non-hydrogen) atoms. The predicted molar refractivity (Wildman–Crippen MR) is 125 cm³/mol. The summed E-state index contributed by atoms with van der Waals surface area (Å²) >= 11 is 0. The Bertz CT molecular complexity index is 1300. The van der Waals surface area contributed by atoms with Gasteiger partial charge in [0.15, 0.2) is 5.69 Å². The second-order valence-corrected chi connectivity index (χ2v) is 7.84. The highest BCUT2D eigenvalue weighted by Crippen LogP contribution is 2.17. The molecule has 4 rings (SSSR count). The number of hydrogen-bond donors (Lipinski definition) is 1. The van der Waals surface area contributed by atoms with Crippen molar-refractivity contribution in [3.8, 4) is 5.75 Å². The van der Waals surface area contributed by atoms with Gasteiger partial charge < -0.3 is 10.1 Å². The number of amides is 1. The number of fused-ring (bicyclic) bond motifs is 1. The molecule has 0 atom stereocenters. The molecule has 1 aromatic heterocycles. The third-order valence-electron chi connectivity index (χ3n) is 5.13. The molecule has 3 aromatic carbocycles. The Hall–Kier alpha value is -3.93. The van der Waals surface area contributed by atoms with Crippen molar-refractivity contribution in [1.82, 2.24) is 15.1 Å². The van der Waals surface area contributed by atoms with E-state index in [0.29, 0.717) is 23.9 Å². The number of benzene rings is 3. The fraction of sp³-hybridized carbons (Fsp3) is 0.192. The van der Waals surface area contributed by atoms with E-state index in [1.54, 1.807) is 24.3 Å². The molecule has 0 saturated carbocycles. The largest absolute Gasteiger partial charge is 0.489 e. The second-order valence-electron chi connectivity index (χ2n) is 7.84. The summed E-state index contributed by atoms with van der Waals surface area (Å²) in [6.45, 7) is 4.53. The van der Waals surface area contributed by atoms with E-state index in [0.717, 1.165) is 16.9 Å². The van der Waals surface area contributed by atoms with Crippen molar-refractivity contribution >= 4 is 16.7 Å². The topological polar surface area (TPSA) is 73.2 Å². The average molecular weight is 428 g/mol. The molecule has 0 aliphatic rings. The quantitative estimate of drug-likeness (QED) is 0.472. The molecule has 0 fully saturated rings. The first-order chi connectivity index (χ1) is 15.5. The Kier molecular flexibility index (Phi) is 6.31. The maximum atomic E-state index is 13.0. The zero-order valence-electron chi connectivity index (χ0n) is 18.1. The summed E-state index contributed by atoms with van der Waals surface area (Å²) in [4.78, 5) is 25.7. The van der Waals surface area contributed by atoms with Crippen LogP contribution < -0.4 is 15.6 Å². The van der Waals surface area contributed by atoms with Crippen LogP contribution >= 0.6 is 0 Å². The lowest BCUT2D eigenvalue weighted by atomic mass is 10.1. The van der Waals surface area contributed by atoms with Crippen LogP contribution in [-0.2, 0) is 13.2 Å². The number of rotatable bonds is 7. The van der Waals surface area contributed by atoms with Crippen molar-refractivity contribution in [2.75, 3.05) is 0 Å². The van der Waals surface area contributed by atoms with Gasteiger partial charge in [-0.2, -0.15) is 5.10 Å². The van der Waals surface area contributed by atoms with Gasteiger partial charge in [-0.25, -0.2) is 4.68 Å². The van der Waals surface area contributed by atoms with Gasteiger partial charge >= 0.3 is 0 Å². The van der Waals surface area contributed by atoms with Crippen LogP contribution in [0.3, 0.4) is 0 Å². The second kappa shape index (κ2) is 9.47. The first-order valence-corrected chi connectivity index (χ1v) is 10.6. The van der Waals surface area contributed by atoms with Crippen LogP contribution in [0.4, 0.5) is 0 Å². The van der Waals surface area contributed by atoms with E-state index < -0.39 is 0 Å². The minimum absolute atomic E-state index is 0.155. The predicted octanol–water partition coefficient (Wildman–Crippen LogP) is 4.49. The fourth-order valence-corrected chi connectivity index (χ4v) is 3.48. The molecule has 4 aromatic rings. The van der Waals surface area contributed by atoms with Gasteiger partial charge in [0.05, 0.1) is 11.4 Å². The van der Waals surface area contributed by atoms with Crippen molar-refractivity contribution < 1.29 is 9.53 Å². The van der Waals surface area contributed by atoms with E-state index in [9.17, 15) is 9.59 Å². The van der Waals surface area contributed by atoms with Gasteiger partial charge in [-0.05, 0) is 43.2 Å². The lowest BCUT2D eigenvalue weighted by Gasteiger charge is -2.14. The number of hydrogen-bond acceptors (Lipinski definition) is 4. The Morgan fingerprint density at radius 2 is 1.62 bits per heavy atom. The van der Waals surface area contributed by atoms with E-state index in [1.165, 1.54) is 4.68 Å². The number of carbonyl (C=O) groups is 1. The van der Waals surface area contributed by atoms with Gasteiger partial charge in [0.2, 0.25) is 0 Å². The molecule has 1 heterocycles. The number of nitrogens with one attached hydrogen (secondary N) is 1. The van der Waals surface area contributed by atoms with E-state index in [2.05, 4.69) is 10.4 Å². The molecule has 0 bridgehead atoms. The van der Waals surface area contributed by atoms with Crippen LogP contribution in [0.25, 0.3) is 10.8 Å². The van der Waals surface area contributed by atoms with Crippen LogP contribution in [0, 0.1) is 0 Å². The van der Waals surface area contributed by atoms with Crippen LogP contribution in [0.15, 0.2) is 83.7 Å². The SMILES string of the molecule is CC(C)n1nc(C(=O)NCc2cccc(OCc3ccccc3)c2)c2ccccc2c1=O. The van der Waals surface area contributed by atoms with Gasteiger partial charge in [-0.3, -0.25) is 9.59 Å². The van der Waals surface area contributed by atoms with E-state index in [-0.39, 0.29) is 23.2 Å². The van der Waals surface area contributed by atoms with Crippen LogP contribution in [-0.4, -0.2) is 15.7 Å². The van der Waals surface area contributed by atoms with E-state index >= 15 is 0 Å². The summed E-state index contributed by atoms with van der Waals surface area (Å²) in [5.74, 6) is 0.406. The van der Waals surface area contributed by atoms with Crippen molar-refractivity contribution in [1.29, 1.82) is 0 Å². The molecule has 1 N–H and O–H groups in total. The first-order valence-electron chi connectivity index (χ1n) is 10.6. The van der Waals surface area contributed by atoms with Gasteiger partial charge in [0, 0.05) is 11.9 Å². The molecule has 0 saturated heterocycles.